The van der Waals surface area contributed by atoms with Gasteiger partial charge in [-0.1, -0.05) is 18.2 Å². The second-order valence-corrected chi connectivity index (χ2v) is 4.86. The van der Waals surface area contributed by atoms with Crippen LogP contribution in [-0.2, 0) is 9.53 Å². The molecule has 0 saturated heterocycles. The molecule has 1 aliphatic heterocycles. The number of para-hydroxylation sites is 1. The molecule has 0 spiro atoms. The molecule has 1 atom stereocenters. The van der Waals surface area contributed by atoms with Crippen molar-refractivity contribution in [1.29, 1.82) is 5.26 Å². The van der Waals surface area contributed by atoms with Crippen molar-refractivity contribution >= 4 is 12.0 Å². The molecule has 0 bridgehead atoms. The van der Waals surface area contributed by atoms with E-state index < -0.39 is 5.91 Å². The highest BCUT2D eigenvalue weighted by atomic mass is 16.5. The van der Waals surface area contributed by atoms with Gasteiger partial charge in [-0.25, -0.2) is 0 Å². The average Bonchev–Trinajstić information content (AvgIpc) is 2.52. The second-order valence-electron chi connectivity index (χ2n) is 4.86. The van der Waals surface area contributed by atoms with Crippen LogP contribution in [0.5, 0.6) is 5.75 Å². The van der Waals surface area contributed by atoms with E-state index in [9.17, 15) is 10.1 Å². The van der Waals surface area contributed by atoms with Crippen LogP contribution in [0.1, 0.15) is 12.5 Å². The molecule has 1 N–H and O–H groups in total. The molecule has 0 aromatic heterocycles. The van der Waals surface area contributed by atoms with Crippen LogP contribution in [0.3, 0.4) is 0 Å². The monoisotopic (exact) mass is 298 g/mol. The summed E-state index contributed by atoms with van der Waals surface area (Å²) >= 11 is 0. The molecule has 1 aliphatic rings. The predicted molar refractivity (Wildman–Crippen MR) is 83.1 cm³/mol. The minimum Gasteiger partial charge on any atom is -0.485 e. The molecule has 0 fully saturated rings. The molecular weight excluding hydrogens is 280 g/mol. The van der Waals surface area contributed by atoms with Gasteiger partial charge in [-0.2, -0.15) is 5.26 Å². The van der Waals surface area contributed by atoms with Gasteiger partial charge in [0.15, 0.2) is 0 Å². The number of carbonyl (C=O) groups excluding carboxylic acids is 1. The normalized spacial score (nSPS) is 16.9. The number of hydrogen-bond acceptors (Lipinski definition) is 4. The van der Waals surface area contributed by atoms with Crippen molar-refractivity contribution in [1.82, 2.24) is 5.32 Å². The standard InChI is InChI=1S/C17H18N2O3/c1-12-14(9-13-5-3-4-6-16(13)22-12)10-15(11-18)17(20)19-7-8-21-2/h3-6,9-10,12H,7-8H2,1-2H3,(H,19,20)/b15-10+/t12-/m0/s1. The lowest BCUT2D eigenvalue weighted by Gasteiger charge is -2.22. The Hall–Kier alpha value is -2.58. The van der Waals surface area contributed by atoms with Crippen LogP contribution >= 0.6 is 0 Å². The predicted octanol–water partition coefficient (Wildman–Crippen LogP) is 2.06. The lowest BCUT2D eigenvalue weighted by molar-refractivity contribution is -0.117. The van der Waals surface area contributed by atoms with E-state index in [1.165, 1.54) is 0 Å². The molecule has 114 valence electrons. The fourth-order valence-corrected chi connectivity index (χ4v) is 2.10. The zero-order valence-electron chi connectivity index (χ0n) is 12.6. The Labute approximate surface area is 129 Å². The maximum absolute atomic E-state index is 11.9. The Morgan fingerprint density at radius 2 is 2.27 bits per heavy atom. The number of carbonyl (C=O) groups is 1. The fourth-order valence-electron chi connectivity index (χ4n) is 2.10. The summed E-state index contributed by atoms with van der Waals surface area (Å²) in [5, 5.41) is 11.8. The van der Waals surface area contributed by atoms with E-state index >= 15 is 0 Å². The zero-order valence-corrected chi connectivity index (χ0v) is 12.6. The van der Waals surface area contributed by atoms with Crippen LogP contribution in [0.2, 0.25) is 0 Å². The number of nitrogens with zero attached hydrogens (tertiary/aromatic N) is 1. The largest absolute Gasteiger partial charge is 0.485 e. The van der Waals surface area contributed by atoms with E-state index in [0.717, 1.165) is 16.9 Å². The first kappa shape index (κ1) is 15.8. The molecule has 0 radical (unpaired) electrons. The first-order valence-corrected chi connectivity index (χ1v) is 7.02. The third-order valence-corrected chi connectivity index (χ3v) is 3.28. The minimum absolute atomic E-state index is 0.0529. The van der Waals surface area contributed by atoms with Crippen LogP contribution in [0.15, 0.2) is 41.5 Å². The first-order valence-electron chi connectivity index (χ1n) is 7.02. The van der Waals surface area contributed by atoms with Crippen molar-refractivity contribution in [3.05, 3.63) is 47.1 Å². The van der Waals surface area contributed by atoms with Crippen molar-refractivity contribution in [2.45, 2.75) is 13.0 Å². The molecule has 0 aliphatic carbocycles. The third-order valence-electron chi connectivity index (χ3n) is 3.28. The van der Waals surface area contributed by atoms with Crippen molar-refractivity contribution in [2.24, 2.45) is 0 Å². The van der Waals surface area contributed by atoms with E-state index in [-0.39, 0.29) is 11.7 Å². The van der Waals surface area contributed by atoms with Gasteiger partial charge in [0.1, 0.15) is 23.5 Å². The Balaban J connectivity index is 2.21. The summed E-state index contributed by atoms with van der Waals surface area (Å²) in [4.78, 5) is 11.9. The Bertz CT molecular complexity index is 656. The minimum atomic E-state index is -0.411. The van der Waals surface area contributed by atoms with E-state index in [1.807, 2.05) is 43.3 Å². The number of fused-ring (bicyclic) bond motifs is 1. The Kier molecular flexibility index (Phi) is 5.34. The molecule has 0 unspecified atom stereocenters. The number of benzene rings is 1. The fraction of sp³-hybridized carbons (Fsp3) is 0.294. The highest BCUT2D eigenvalue weighted by Gasteiger charge is 2.19. The van der Waals surface area contributed by atoms with Crippen LogP contribution in [0.25, 0.3) is 6.08 Å². The Morgan fingerprint density at radius 1 is 1.50 bits per heavy atom. The highest BCUT2D eigenvalue weighted by Crippen LogP contribution is 2.30. The summed E-state index contributed by atoms with van der Waals surface area (Å²) in [6, 6.07) is 9.58. The van der Waals surface area contributed by atoms with Crippen molar-refractivity contribution in [3.63, 3.8) is 0 Å². The van der Waals surface area contributed by atoms with Gasteiger partial charge >= 0.3 is 0 Å². The molecule has 5 heteroatoms. The summed E-state index contributed by atoms with van der Waals surface area (Å²) in [5.41, 5.74) is 1.78. The van der Waals surface area contributed by atoms with Gasteiger partial charge in [0.05, 0.1) is 6.61 Å². The third kappa shape index (κ3) is 3.74. The van der Waals surface area contributed by atoms with Crippen molar-refractivity contribution in [3.8, 4) is 11.8 Å². The van der Waals surface area contributed by atoms with Gasteiger partial charge in [0, 0.05) is 19.2 Å². The zero-order chi connectivity index (χ0) is 15.9. The SMILES string of the molecule is COCCNC(=O)/C(C#N)=C/C1=Cc2ccccc2O[C@H]1C. The molecular formula is C17H18N2O3. The topological polar surface area (TPSA) is 71.3 Å². The van der Waals surface area contributed by atoms with E-state index in [4.69, 9.17) is 9.47 Å². The quantitative estimate of drug-likeness (QED) is 0.513. The maximum atomic E-state index is 11.9. The number of rotatable bonds is 5. The Morgan fingerprint density at radius 3 is 3.00 bits per heavy atom. The van der Waals surface area contributed by atoms with Gasteiger partial charge in [-0.3, -0.25) is 4.79 Å². The van der Waals surface area contributed by atoms with Crippen LogP contribution < -0.4 is 10.1 Å². The summed E-state index contributed by atoms with van der Waals surface area (Å²) in [5.74, 6) is 0.390. The smallest absolute Gasteiger partial charge is 0.262 e. The number of ether oxygens (including phenoxy) is 2. The number of nitrogens with one attached hydrogen (secondary N) is 1. The summed E-state index contributed by atoms with van der Waals surface area (Å²) in [7, 11) is 1.55. The van der Waals surface area contributed by atoms with E-state index in [0.29, 0.717) is 13.2 Å². The molecule has 1 amide bonds. The summed E-state index contributed by atoms with van der Waals surface area (Å²) in [6.45, 7) is 2.65. The van der Waals surface area contributed by atoms with Crippen molar-refractivity contribution in [2.75, 3.05) is 20.3 Å². The molecule has 1 aromatic carbocycles. The van der Waals surface area contributed by atoms with Gasteiger partial charge in [-0.05, 0) is 30.7 Å². The maximum Gasteiger partial charge on any atom is 0.262 e. The molecule has 5 nitrogen and oxygen atoms in total. The lowest BCUT2D eigenvalue weighted by Crippen LogP contribution is -2.28. The summed E-state index contributed by atoms with van der Waals surface area (Å²) in [6.07, 6.45) is 3.29. The highest BCUT2D eigenvalue weighted by molar-refractivity contribution is 5.98. The molecule has 2 rings (SSSR count). The molecule has 22 heavy (non-hydrogen) atoms. The van der Waals surface area contributed by atoms with Crippen LogP contribution in [-0.4, -0.2) is 32.3 Å². The molecule has 1 heterocycles. The van der Waals surface area contributed by atoms with Gasteiger partial charge in [-0.15, -0.1) is 0 Å². The first-order chi connectivity index (χ1) is 10.7. The lowest BCUT2D eigenvalue weighted by atomic mass is 10.0. The van der Waals surface area contributed by atoms with Crippen LogP contribution in [0, 0.1) is 11.3 Å². The van der Waals surface area contributed by atoms with E-state index in [1.54, 1.807) is 13.2 Å². The second kappa shape index (κ2) is 7.43. The number of amides is 1. The average molecular weight is 298 g/mol. The van der Waals surface area contributed by atoms with Gasteiger partial charge in [0.2, 0.25) is 0 Å². The number of nitriles is 1. The number of hydrogen-bond donors (Lipinski definition) is 1. The molecule has 0 saturated carbocycles. The summed E-state index contributed by atoms with van der Waals surface area (Å²) < 4.78 is 10.7. The number of methoxy groups -OCH3 is 1. The van der Waals surface area contributed by atoms with Crippen molar-refractivity contribution < 1.29 is 14.3 Å². The van der Waals surface area contributed by atoms with E-state index in [2.05, 4.69) is 5.32 Å². The van der Waals surface area contributed by atoms with Gasteiger partial charge in [0.25, 0.3) is 5.91 Å². The van der Waals surface area contributed by atoms with Gasteiger partial charge < -0.3 is 14.8 Å². The van der Waals surface area contributed by atoms with Crippen LogP contribution in [0.4, 0.5) is 0 Å². The molecule has 1 aromatic rings.